The average Bonchev–Trinajstić information content (AvgIpc) is 2.46. The van der Waals surface area contributed by atoms with E-state index in [0.717, 1.165) is 24.3 Å². The second-order valence-electron chi connectivity index (χ2n) is 4.08. The van der Waals surface area contributed by atoms with Crippen LogP contribution in [0.2, 0.25) is 0 Å². The maximum atomic E-state index is 13.2. The number of nitro benzene ring substituents is 1. The first-order chi connectivity index (χ1) is 10.0. The SMILES string of the molecule is N#Cc1cc(COc2cc(F)ccc2[N+](=O)[O-])ccc1F. The summed E-state index contributed by atoms with van der Waals surface area (Å²) in [5.41, 5.74) is -0.102. The summed E-state index contributed by atoms with van der Waals surface area (Å²) >= 11 is 0. The number of halogens is 2. The van der Waals surface area contributed by atoms with Crippen LogP contribution in [0.3, 0.4) is 0 Å². The Hall–Kier alpha value is -3.01. The molecule has 0 radical (unpaired) electrons. The van der Waals surface area contributed by atoms with Crippen LogP contribution in [0.1, 0.15) is 11.1 Å². The largest absolute Gasteiger partial charge is 0.482 e. The Morgan fingerprint density at radius 1 is 1.24 bits per heavy atom. The fraction of sp³-hybridized carbons (Fsp3) is 0.0714. The van der Waals surface area contributed by atoms with Crippen molar-refractivity contribution in [2.75, 3.05) is 0 Å². The van der Waals surface area contributed by atoms with Crippen molar-refractivity contribution in [3.05, 3.63) is 69.3 Å². The topological polar surface area (TPSA) is 76.2 Å². The summed E-state index contributed by atoms with van der Waals surface area (Å²) in [6.07, 6.45) is 0. The van der Waals surface area contributed by atoms with E-state index < -0.39 is 16.6 Å². The van der Waals surface area contributed by atoms with Gasteiger partial charge in [-0.15, -0.1) is 0 Å². The Kier molecular flexibility index (Phi) is 4.09. The minimum absolute atomic E-state index is 0.154. The molecule has 2 aromatic rings. The highest BCUT2D eigenvalue weighted by Crippen LogP contribution is 2.28. The lowest BCUT2D eigenvalue weighted by Crippen LogP contribution is -2.00. The van der Waals surface area contributed by atoms with E-state index >= 15 is 0 Å². The third-order valence-electron chi connectivity index (χ3n) is 2.66. The first-order valence-electron chi connectivity index (χ1n) is 5.76. The van der Waals surface area contributed by atoms with Gasteiger partial charge in [0.1, 0.15) is 24.3 Å². The van der Waals surface area contributed by atoms with Gasteiger partial charge >= 0.3 is 5.69 Å². The molecule has 0 aromatic heterocycles. The van der Waals surface area contributed by atoms with Crippen molar-refractivity contribution in [3.63, 3.8) is 0 Å². The first-order valence-corrected chi connectivity index (χ1v) is 5.76. The van der Waals surface area contributed by atoms with Crippen LogP contribution in [0.15, 0.2) is 36.4 Å². The average molecular weight is 290 g/mol. The second kappa shape index (κ2) is 5.96. The summed E-state index contributed by atoms with van der Waals surface area (Å²) in [7, 11) is 0. The molecule has 0 bridgehead atoms. The van der Waals surface area contributed by atoms with Gasteiger partial charge in [0.25, 0.3) is 0 Å². The maximum Gasteiger partial charge on any atom is 0.311 e. The number of hydrogen-bond donors (Lipinski definition) is 0. The highest BCUT2D eigenvalue weighted by molar-refractivity contribution is 5.46. The molecule has 0 spiro atoms. The molecule has 0 aliphatic rings. The van der Waals surface area contributed by atoms with E-state index in [9.17, 15) is 18.9 Å². The molecule has 7 heteroatoms. The number of ether oxygens (including phenoxy) is 1. The van der Waals surface area contributed by atoms with E-state index in [2.05, 4.69) is 0 Å². The van der Waals surface area contributed by atoms with Crippen LogP contribution in [0, 0.1) is 33.1 Å². The number of nitriles is 1. The number of nitrogens with zero attached hydrogens (tertiary/aromatic N) is 2. The molecular formula is C14H8F2N2O3. The van der Waals surface area contributed by atoms with Gasteiger partial charge in [0.05, 0.1) is 10.5 Å². The predicted octanol–water partition coefficient (Wildman–Crippen LogP) is 3.32. The Morgan fingerprint density at radius 3 is 2.67 bits per heavy atom. The number of rotatable bonds is 4. The van der Waals surface area contributed by atoms with Gasteiger partial charge in [-0.3, -0.25) is 10.1 Å². The molecule has 2 rings (SSSR count). The zero-order valence-corrected chi connectivity index (χ0v) is 10.5. The zero-order valence-electron chi connectivity index (χ0n) is 10.5. The number of benzene rings is 2. The van der Waals surface area contributed by atoms with Crippen molar-refractivity contribution in [3.8, 4) is 11.8 Å². The van der Waals surface area contributed by atoms with Crippen molar-refractivity contribution in [1.82, 2.24) is 0 Å². The van der Waals surface area contributed by atoms with Gasteiger partial charge < -0.3 is 4.74 Å². The summed E-state index contributed by atoms with van der Waals surface area (Å²) in [4.78, 5) is 10.1. The molecule has 2 aromatic carbocycles. The number of nitro groups is 1. The Bertz CT molecular complexity index is 741. The highest BCUT2D eigenvalue weighted by atomic mass is 19.1. The summed E-state index contributed by atoms with van der Waals surface area (Å²) in [6.45, 7) is -0.154. The van der Waals surface area contributed by atoms with Crippen LogP contribution < -0.4 is 4.74 Å². The Morgan fingerprint density at radius 2 is 2.00 bits per heavy atom. The lowest BCUT2D eigenvalue weighted by atomic mass is 10.1. The zero-order chi connectivity index (χ0) is 15.4. The van der Waals surface area contributed by atoms with E-state index in [0.29, 0.717) is 5.56 Å². The van der Waals surface area contributed by atoms with Gasteiger partial charge in [-0.2, -0.15) is 5.26 Å². The van der Waals surface area contributed by atoms with E-state index in [-0.39, 0.29) is 23.6 Å². The summed E-state index contributed by atoms with van der Waals surface area (Å²) in [5, 5.41) is 19.5. The van der Waals surface area contributed by atoms with Crippen molar-refractivity contribution >= 4 is 5.69 Å². The molecule has 0 aliphatic carbocycles. The van der Waals surface area contributed by atoms with Crippen molar-refractivity contribution < 1.29 is 18.4 Å². The van der Waals surface area contributed by atoms with Gasteiger partial charge in [0, 0.05) is 12.1 Å². The van der Waals surface area contributed by atoms with Gasteiger partial charge in [0.15, 0.2) is 5.75 Å². The van der Waals surface area contributed by atoms with Crippen LogP contribution in [0.25, 0.3) is 0 Å². The van der Waals surface area contributed by atoms with Crippen molar-refractivity contribution in [2.45, 2.75) is 6.61 Å². The minimum atomic E-state index is -0.694. The summed E-state index contributed by atoms with van der Waals surface area (Å²) < 4.78 is 31.5. The molecule has 0 atom stereocenters. The third kappa shape index (κ3) is 3.30. The van der Waals surface area contributed by atoms with E-state index in [1.807, 2.05) is 0 Å². The fourth-order valence-corrected chi connectivity index (χ4v) is 1.66. The quantitative estimate of drug-likeness (QED) is 0.639. The summed E-state index contributed by atoms with van der Waals surface area (Å²) in [5.74, 6) is -1.58. The van der Waals surface area contributed by atoms with Crippen LogP contribution >= 0.6 is 0 Å². The Labute approximate surface area is 118 Å². The monoisotopic (exact) mass is 290 g/mol. The minimum Gasteiger partial charge on any atom is -0.482 e. The van der Waals surface area contributed by atoms with E-state index in [1.54, 1.807) is 6.07 Å². The molecule has 0 saturated carbocycles. The molecule has 0 unspecified atom stereocenters. The lowest BCUT2D eigenvalue weighted by molar-refractivity contribution is -0.386. The normalized spacial score (nSPS) is 9.95. The van der Waals surface area contributed by atoms with E-state index in [1.165, 1.54) is 12.1 Å². The molecule has 0 N–H and O–H groups in total. The van der Waals surface area contributed by atoms with Gasteiger partial charge in [-0.05, 0) is 23.8 Å². The van der Waals surface area contributed by atoms with Gasteiger partial charge in [-0.1, -0.05) is 6.07 Å². The smallest absolute Gasteiger partial charge is 0.311 e. The molecule has 0 amide bonds. The molecule has 0 saturated heterocycles. The highest BCUT2D eigenvalue weighted by Gasteiger charge is 2.16. The second-order valence-corrected chi connectivity index (χ2v) is 4.08. The van der Waals surface area contributed by atoms with E-state index in [4.69, 9.17) is 10.00 Å². The molecule has 0 heterocycles. The molecule has 106 valence electrons. The molecule has 5 nitrogen and oxygen atoms in total. The van der Waals surface area contributed by atoms with Gasteiger partial charge in [0.2, 0.25) is 0 Å². The summed E-state index contributed by atoms with van der Waals surface area (Å²) in [6, 6.07) is 8.26. The molecule has 0 aliphatic heterocycles. The molecular weight excluding hydrogens is 282 g/mol. The lowest BCUT2D eigenvalue weighted by Gasteiger charge is -2.07. The molecule has 0 fully saturated rings. The van der Waals surface area contributed by atoms with Crippen LogP contribution in [0.4, 0.5) is 14.5 Å². The van der Waals surface area contributed by atoms with Crippen molar-refractivity contribution in [1.29, 1.82) is 5.26 Å². The van der Waals surface area contributed by atoms with Gasteiger partial charge in [-0.25, -0.2) is 8.78 Å². The maximum absolute atomic E-state index is 13.2. The third-order valence-corrected chi connectivity index (χ3v) is 2.66. The standard InChI is InChI=1S/C14H8F2N2O3/c15-11-2-4-13(18(19)20)14(6-11)21-8-9-1-3-12(16)10(5-9)7-17/h1-6H,8H2. The van der Waals surface area contributed by atoms with Crippen LogP contribution in [-0.4, -0.2) is 4.92 Å². The van der Waals surface area contributed by atoms with Crippen LogP contribution in [0.5, 0.6) is 5.75 Å². The number of hydrogen-bond acceptors (Lipinski definition) is 4. The predicted molar refractivity (Wildman–Crippen MR) is 68.5 cm³/mol. The fourth-order valence-electron chi connectivity index (χ4n) is 1.66. The Balaban J connectivity index is 2.22. The van der Waals surface area contributed by atoms with Crippen LogP contribution in [-0.2, 0) is 6.61 Å². The van der Waals surface area contributed by atoms with Crippen molar-refractivity contribution in [2.24, 2.45) is 0 Å². The molecule has 21 heavy (non-hydrogen) atoms. The first kappa shape index (κ1) is 14.4.